The van der Waals surface area contributed by atoms with E-state index in [9.17, 15) is 9.59 Å². The number of aromatic carboxylic acids is 1. The average Bonchev–Trinajstić information content (AvgIpc) is 3.22. The zero-order chi connectivity index (χ0) is 15.2. The van der Waals surface area contributed by atoms with E-state index in [-0.39, 0.29) is 11.5 Å². The fraction of sp³-hybridized carbons (Fsp3) is 0.467. The zero-order valence-corrected chi connectivity index (χ0v) is 12.0. The smallest absolute Gasteiger partial charge is 0.339 e. The quantitative estimate of drug-likeness (QED) is 0.746. The topological polar surface area (TPSA) is 78.9 Å². The summed E-state index contributed by atoms with van der Waals surface area (Å²) < 4.78 is 5.49. The van der Waals surface area contributed by atoms with E-state index in [1.54, 1.807) is 18.2 Å². The molecule has 6 heteroatoms. The number of ether oxygens (including phenoxy) is 1. The molecule has 6 nitrogen and oxygen atoms in total. The fourth-order valence-electron chi connectivity index (χ4n) is 1.91. The number of carbonyl (C=O) groups is 2. The van der Waals surface area contributed by atoms with Crippen LogP contribution in [-0.4, -0.2) is 54.7 Å². The molecular formula is C15H20N2O4. The lowest BCUT2D eigenvalue weighted by molar-refractivity contribution is -0.122. The van der Waals surface area contributed by atoms with Gasteiger partial charge in [0, 0.05) is 12.6 Å². The van der Waals surface area contributed by atoms with Crippen molar-refractivity contribution >= 4 is 11.9 Å². The number of hydrogen-bond donors (Lipinski definition) is 2. The molecule has 2 N–H and O–H groups in total. The molecule has 0 spiro atoms. The van der Waals surface area contributed by atoms with Gasteiger partial charge in [0.2, 0.25) is 5.91 Å². The molecule has 114 valence electrons. The molecule has 0 aromatic heterocycles. The van der Waals surface area contributed by atoms with Gasteiger partial charge in [0.1, 0.15) is 17.9 Å². The van der Waals surface area contributed by atoms with Gasteiger partial charge in [0.05, 0.1) is 6.54 Å². The number of amides is 1. The molecule has 0 bridgehead atoms. The Hall–Kier alpha value is -2.08. The Kier molecular flexibility index (Phi) is 5.16. The largest absolute Gasteiger partial charge is 0.491 e. The third kappa shape index (κ3) is 5.07. The molecule has 1 fully saturated rings. The van der Waals surface area contributed by atoms with Gasteiger partial charge in [0.15, 0.2) is 0 Å². The molecule has 2 rings (SSSR count). The predicted octanol–water partition coefficient (Wildman–Crippen LogP) is 0.974. The standard InChI is InChI=1S/C15H20N2O4/c1-17(10-14(18)16-11-6-7-11)8-9-21-13-5-3-2-4-12(13)15(19)20/h2-5,11H,6-10H2,1H3,(H,16,18)(H,19,20). The third-order valence-corrected chi connectivity index (χ3v) is 3.20. The number of carboxylic acid groups (broad SMARTS) is 1. The normalized spacial score (nSPS) is 14.0. The Balaban J connectivity index is 1.73. The van der Waals surface area contributed by atoms with E-state index in [4.69, 9.17) is 9.84 Å². The van der Waals surface area contributed by atoms with Gasteiger partial charge in [-0.15, -0.1) is 0 Å². The molecule has 1 saturated carbocycles. The highest BCUT2D eigenvalue weighted by molar-refractivity contribution is 5.90. The van der Waals surface area contributed by atoms with Crippen LogP contribution < -0.4 is 10.1 Å². The zero-order valence-electron chi connectivity index (χ0n) is 12.0. The van der Waals surface area contributed by atoms with Crippen LogP contribution in [0.3, 0.4) is 0 Å². The molecule has 0 aliphatic heterocycles. The van der Waals surface area contributed by atoms with Crippen LogP contribution in [0.1, 0.15) is 23.2 Å². The van der Waals surface area contributed by atoms with Crippen molar-refractivity contribution in [2.45, 2.75) is 18.9 Å². The first kappa shape index (κ1) is 15.3. The molecule has 21 heavy (non-hydrogen) atoms. The minimum Gasteiger partial charge on any atom is -0.491 e. The first-order valence-corrected chi connectivity index (χ1v) is 6.99. The summed E-state index contributed by atoms with van der Waals surface area (Å²) in [4.78, 5) is 24.5. The van der Waals surface area contributed by atoms with Crippen molar-refractivity contribution in [1.82, 2.24) is 10.2 Å². The summed E-state index contributed by atoms with van der Waals surface area (Å²) in [6.45, 7) is 1.20. The first-order chi connectivity index (χ1) is 10.1. The second kappa shape index (κ2) is 7.08. The Morgan fingerprint density at radius 3 is 2.76 bits per heavy atom. The van der Waals surface area contributed by atoms with Crippen LogP contribution in [0.5, 0.6) is 5.75 Å². The molecular weight excluding hydrogens is 272 g/mol. The van der Waals surface area contributed by atoms with E-state index in [0.29, 0.717) is 31.5 Å². The maximum absolute atomic E-state index is 11.6. The van der Waals surface area contributed by atoms with E-state index in [1.807, 2.05) is 11.9 Å². The number of benzene rings is 1. The monoisotopic (exact) mass is 292 g/mol. The fourth-order valence-corrected chi connectivity index (χ4v) is 1.91. The van der Waals surface area contributed by atoms with Crippen LogP contribution in [-0.2, 0) is 4.79 Å². The lowest BCUT2D eigenvalue weighted by Gasteiger charge is -2.17. The van der Waals surface area contributed by atoms with Crippen LogP contribution >= 0.6 is 0 Å². The molecule has 0 radical (unpaired) electrons. The summed E-state index contributed by atoms with van der Waals surface area (Å²) in [5, 5.41) is 12.0. The van der Waals surface area contributed by atoms with Crippen LogP contribution in [0.2, 0.25) is 0 Å². The summed E-state index contributed by atoms with van der Waals surface area (Å²) in [5.74, 6) is -0.644. The number of carbonyl (C=O) groups excluding carboxylic acids is 1. The van der Waals surface area contributed by atoms with E-state index in [2.05, 4.69) is 5.32 Å². The van der Waals surface area contributed by atoms with Crippen LogP contribution in [0.25, 0.3) is 0 Å². The Labute approximate surface area is 123 Å². The number of likely N-dealkylation sites (N-methyl/N-ethyl adjacent to an activating group) is 1. The highest BCUT2D eigenvalue weighted by Crippen LogP contribution is 2.18. The number of para-hydroxylation sites is 1. The number of nitrogens with one attached hydrogen (secondary N) is 1. The molecule has 1 aromatic rings. The lowest BCUT2D eigenvalue weighted by Crippen LogP contribution is -2.37. The van der Waals surface area contributed by atoms with Crippen molar-refractivity contribution in [3.63, 3.8) is 0 Å². The van der Waals surface area contributed by atoms with Crippen molar-refractivity contribution in [2.75, 3.05) is 26.7 Å². The van der Waals surface area contributed by atoms with E-state index >= 15 is 0 Å². The average molecular weight is 292 g/mol. The van der Waals surface area contributed by atoms with Crippen molar-refractivity contribution in [2.24, 2.45) is 0 Å². The molecule has 1 aliphatic carbocycles. The van der Waals surface area contributed by atoms with Gasteiger partial charge in [-0.3, -0.25) is 9.69 Å². The molecule has 0 atom stereocenters. The number of nitrogens with zero attached hydrogens (tertiary/aromatic N) is 1. The van der Waals surface area contributed by atoms with Gasteiger partial charge in [-0.05, 0) is 32.0 Å². The van der Waals surface area contributed by atoms with Gasteiger partial charge < -0.3 is 15.2 Å². The first-order valence-electron chi connectivity index (χ1n) is 6.99. The number of rotatable bonds is 8. The Morgan fingerprint density at radius 2 is 2.10 bits per heavy atom. The molecule has 0 unspecified atom stereocenters. The second-order valence-electron chi connectivity index (χ2n) is 5.23. The van der Waals surface area contributed by atoms with Gasteiger partial charge in [-0.1, -0.05) is 12.1 Å². The SMILES string of the molecule is CN(CCOc1ccccc1C(=O)O)CC(=O)NC1CC1. The van der Waals surface area contributed by atoms with Crippen LogP contribution in [0.15, 0.2) is 24.3 Å². The Morgan fingerprint density at radius 1 is 1.38 bits per heavy atom. The van der Waals surface area contributed by atoms with Gasteiger partial charge in [-0.25, -0.2) is 4.79 Å². The molecule has 0 heterocycles. The summed E-state index contributed by atoms with van der Waals surface area (Å²) in [6.07, 6.45) is 2.15. The van der Waals surface area contributed by atoms with Crippen LogP contribution in [0, 0.1) is 0 Å². The minimum atomic E-state index is -1.01. The second-order valence-corrected chi connectivity index (χ2v) is 5.23. The van der Waals surface area contributed by atoms with Crippen molar-refractivity contribution in [1.29, 1.82) is 0 Å². The summed E-state index contributed by atoms with van der Waals surface area (Å²) >= 11 is 0. The third-order valence-electron chi connectivity index (χ3n) is 3.20. The molecule has 1 aliphatic rings. The molecule has 1 amide bonds. The van der Waals surface area contributed by atoms with Gasteiger partial charge >= 0.3 is 5.97 Å². The highest BCUT2D eigenvalue weighted by atomic mass is 16.5. The van der Waals surface area contributed by atoms with Crippen molar-refractivity contribution in [3.8, 4) is 5.75 Å². The highest BCUT2D eigenvalue weighted by Gasteiger charge is 2.23. The van der Waals surface area contributed by atoms with Crippen LogP contribution in [0.4, 0.5) is 0 Å². The van der Waals surface area contributed by atoms with E-state index in [0.717, 1.165) is 12.8 Å². The predicted molar refractivity (Wildman–Crippen MR) is 77.6 cm³/mol. The summed E-state index contributed by atoms with van der Waals surface area (Å²) in [7, 11) is 1.83. The molecule has 0 saturated heterocycles. The van der Waals surface area contributed by atoms with Gasteiger partial charge in [0.25, 0.3) is 0 Å². The van der Waals surface area contributed by atoms with E-state index < -0.39 is 5.97 Å². The minimum absolute atomic E-state index is 0.0194. The van der Waals surface area contributed by atoms with Gasteiger partial charge in [-0.2, -0.15) is 0 Å². The Bertz CT molecular complexity index is 514. The summed E-state index contributed by atoms with van der Waals surface area (Å²) in [6, 6.07) is 6.89. The van der Waals surface area contributed by atoms with E-state index in [1.165, 1.54) is 6.07 Å². The lowest BCUT2D eigenvalue weighted by atomic mass is 10.2. The maximum atomic E-state index is 11.6. The number of hydrogen-bond acceptors (Lipinski definition) is 4. The number of carboxylic acids is 1. The van der Waals surface area contributed by atoms with Crippen molar-refractivity contribution in [3.05, 3.63) is 29.8 Å². The van der Waals surface area contributed by atoms with Crippen molar-refractivity contribution < 1.29 is 19.4 Å². The maximum Gasteiger partial charge on any atom is 0.339 e. The summed E-state index contributed by atoms with van der Waals surface area (Å²) in [5.41, 5.74) is 0.145. The molecule has 1 aromatic carbocycles.